The second-order valence-corrected chi connectivity index (χ2v) is 6.91. The zero-order valence-corrected chi connectivity index (χ0v) is 19.2. The highest BCUT2D eigenvalue weighted by atomic mass is 127. The lowest BCUT2D eigenvalue weighted by molar-refractivity contribution is -0.137. The van der Waals surface area contributed by atoms with Crippen LogP contribution in [-0.2, 0) is 17.4 Å². The van der Waals surface area contributed by atoms with E-state index < -0.39 is 11.7 Å². The number of guanidine groups is 1. The largest absolute Gasteiger partial charge is 0.416 e. The van der Waals surface area contributed by atoms with E-state index in [9.17, 15) is 18.0 Å². The summed E-state index contributed by atoms with van der Waals surface area (Å²) in [5.74, 6) is 0.889. The standard InChI is InChI=1S/C20H29F3N4O.HI/c1-3-17(27-14-4-5-18(27)28)11-13-26-19(24-2)25-12-10-15-6-8-16(9-7-15)20(21,22)23;/h6-9,17H,3-5,10-14H2,1-2H3,(H2,24,25,26);1H. The van der Waals surface area contributed by atoms with Crippen molar-refractivity contribution in [2.24, 2.45) is 4.99 Å². The number of hydrogen-bond donors (Lipinski definition) is 2. The van der Waals surface area contributed by atoms with E-state index >= 15 is 0 Å². The van der Waals surface area contributed by atoms with Crippen molar-refractivity contribution in [2.45, 2.75) is 51.2 Å². The molecule has 29 heavy (non-hydrogen) atoms. The van der Waals surface area contributed by atoms with Gasteiger partial charge in [0, 0.05) is 39.1 Å². The summed E-state index contributed by atoms with van der Waals surface area (Å²) in [7, 11) is 1.68. The zero-order chi connectivity index (χ0) is 20.6. The highest BCUT2D eigenvalue weighted by molar-refractivity contribution is 14.0. The Labute approximate surface area is 187 Å². The van der Waals surface area contributed by atoms with Gasteiger partial charge in [-0.25, -0.2) is 0 Å². The van der Waals surface area contributed by atoms with Gasteiger partial charge in [-0.3, -0.25) is 9.79 Å². The number of aliphatic imine (C=N–C) groups is 1. The van der Waals surface area contributed by atoms with Crippen LogP contribution in [0.4, 0.5) is 13.2 Å². The number of rotatable bonds is 8. The van der Waals surface area contributed by atoms with Gasteiger partial charge < -0.3 is 15.5 Å². The molecule has 5 nitrogen and oxygen atoms in total. The van der Waals surface area contributed by atoms with E-state index in [0.29, 0.717) is 31.9 Å². The first-order chi connectivity index (χ1) is 13.3. The molecule has 0 aliphatic carbocycles. The van der Waals surface area contributed by atoms with Crippen molar-refractivity contribution in [3.05, 3.63) is 35.4 Å². The monoisotopic (exact) mass is 526 g/mol. The minimum Gasteiger partial charge on any atom is -0.356 e. The number of carbonyl (C=O) groups excluding carboxylic acids is 1. The van der Waals surface area contributed by atoms with Gasteiger partial charge in [0.15, 0.2) is 5.96 Å². The summed E-state index contributed by atoms with van der Waals surface area (Å²) >= 11 is 0. The Bertz CT molecular complexity index is 665. The number of amides is 1. The van der Waals surface area contributed by atoms with Gasteiger partial charge in [0.1, 0.15) is 0 Å². The quantitative estimate of drug-likeness (QED) is 0.308. The second kappa shape index (κ2) is 12.2. The average molecular weight is 526 g/mol. The number of likely N-dealkylation sites (tertiary alicyclic amines) is 1. The molecule has 1 amide bonds. The van der Waals surface area contributed by atoms with Gasteiger partial charge in [0.25, 0.3) is 0 Å². The first-order valence-electron chi connectivity index (χ1n) is 9.75. The molecule has 1 saturated heterocycles. The van der Waals surface area contributed by atoms with Crippen molar-refractivity contribution in [2.75, 3.05) is 26.7 Å². The van der Waals surface area contributed by atoms with Gasteiger partial charge in [-0.1, -0.05) is 19.1 Å². The Hall–Kier alpha value is -1.52. The summed E-state index contributed by atoms with van der Waals surface area (Å²) in [5, 5.41) is 6.41. The lowest BCUT2D eigenvalue weighted by Crippen LogP contribution is -2.42. The number of alkyl halides is 3. The van der Waals surface area contributed by atoms with E-state index in [2.05, 4.69) is 22.5 Å². The van der Waals surface area contributed by atoms with Crippen LogP contribution in [0.5, 0.6) is 0 Å². The number of nitrogens with one attached hydrogen (secondary N) is 2. The van der Waals surface area contributed by atoms with E-state index in [1.807, 2.05) is 4.90 Å². The SMILES string of the molecule is CCC(CCNC(=NC)NCCc1ccc(C(F)(F)F)cc1)N1CCCC1=O.I. The summed E-state index contributed by atoms with van der Waals surface area (Å²) in [6.07, 6.45) is -0.347. The van der Waals surface area contributed by atoms with E-state index in [0.717, 1.165) is 43.5 Å². The fourth-order valence-electron chi connectivity index (χ4n) is 3.40. The molecule has 0 saturated carbocycles. The molecule has 1 aromatic rings. The molecule has 9 heteroatoms. The van der Waals surface area contributed by atoms with E-state index in [1.165, 1.54) is 12.1 Å². The number of carbonyl (C=O) groups is 1. The summed E-state index contributed by atoms with van der Waals surface area (Å²) in [6.45, 7) is 4.19. The van der Waals surface area contributed by atoms with Crippen LogP contribution in [0.15, 0.2) is 29.3 Å². The van der Waals surface area contributed by atoms with Gasteiger partial charge >= 0.3 is 6.18 Å². The molecule has 1 unspecified atom stereocenters. The average Bonchev–Trinajstić information content (AvgIpc) is 3.09. The molecule has 1 heterocycles. The molecule has 164 valence electrons. The summed E-state index contributed by atoms with van der Waals surface area (Å²) in [6, 6.07) is 5.45. The molecule has 1 aliphatic rings. The van der Waals surface area contributed by atoms with Crippen molar-refractivity contribution in [3.8, 4) is 0 Å². The van der Waals surface area contributed by atoms with Gasteiger partial charge in [-0.15, -0.1) is 24.0 Å². The van der Waals surface area contributed by atoms with Gasteiger partial charge in [0.05, 0.1) is 5.56 Å². The lowest BCUT2D eigenvalue weighted by Gasteiger charge is -2.27. The van der Waals surface area contributed by atoms with E-state index in [1.54, 1.807) is 7.05 Å². The van der Waals surface area contributed by atoms with Crippen molar-refractivity contribution in [1.82, 2.24) is 15.5 Å². The van der Waals surface area contributed by atoms with Crippen LogP contribution in [0.2, 0.25) is 0 Å². The van der Waals surface area contributed by atoms with Gasteiger partial charge in [-0.2, -0.15) is 13.2 Å². The zero-order valence-electron chi connectivity index (χ0n) is 16.9. The second-order valence-electron chi connectivity index (χ2n) is 6.91. The highest BCUT2D eigenvalue weighted by Gasteiger charge is 2.30. The Kier molecular flexibility index (Phi) is 10.8. The predicted octanol–water partition coefficient (Wildman–Crippen LogP) is 3.82. The fourth-order valence-corrected chi connectivity index (χ4v) is 3.40. The summed E-state index contributed by atoms with van der Waals surface area (Å²) in [5.41, 5.74) is 0.193. The van der Waals surface area contributed by atoms with Crippen LogP contribution in [0.3, 0.4) is 0 Å². The Morgan fingerprint density at radius 2 is 1.86 bits per heavy atom. The lowest BCUT2D eigenvalue weighted by atomic mass is 10.1. The minimum atomic E-state index is -4.31. The van der Waals surface area contributed by atoms with E-state index in [4.69, 9.17) is 0 Å². The van der Waals surface area contributed by atoms with Crippen LogP contribution in [0.1, 0.15) is 43.7 Å². The van der Waals surface area contributed by atoms with Crippen LogP contribution in [0, 0.1) is 0 Å². The van der Waals surface area contributed by atoms with Crippen LogP contribution in [-0.4, -0.2) is 49.5 Å². The molecule has 0 bridgehead atoms. The minimum absolute atomic E-state index is 0. The normalized spacial score (nSPS) is 15.8. The predicted molar refractivity (Wildman–Crippen MR) is 120 cm³/mol. The van der Waals surface area contributed by atoms with Crippen LogP contribution in [0.25, 0.3) is 0 Å². The Morgan fingerprint density at radius 1 is 1.21 bits per heavy atom. The van der Waals surface area contributed by atoms with Gasteiger partial charge in [0.2, 0.25) is 5.91 Å². The number of hydrogen-bond acceptors (Lipinski definition) is 2. The van der Waals surface area contributed by atoms with Crippen molar-refractivity contribution >= 4 is 35.8 Å². The molecule has 1 aromatic carbocycles. The fraction of sp³-hybridized carbons (Fsp3) is 0.600. The molecular formula is C20H30F3IN4O. The van der Waals surface area contributed by atoms with Crippen molar-refractivity contribution in [3.63, 3.8) is 0 Å². The number of halogens is 4. The maximum Gasteiger partial charge on any atom is 0.416 e. The van der Waals surface area contributed by atoms with Crippen LogP contribution >= 0.6 is 24.0 Å². The molecular weight excluding hydrogens is 496 g/mol. The Balaban J connectivity index is 0.00000420. The molecule has 1 aliphatic heterocycles. The molecule has 2 rings (SSSR count). The first-order valence-corrected chi connectivity index (χ1v) is 9.75. The molecule has 1 atom stereocenters. The third-order valence-corrected chi connectivity index (χ3v) is 5.00. The topological polar surface area (TPSA) is 56.7 Å². The molecule has 0 spiro atoms. The molecule has 1 fully saturated rings. The van der Waals surface area contributed by atoms with Crippen molar-refractivity contribution < 1.29 is 18.0 Å². The smallest absolute Gasteiger partial charge is 0.356 e. The maximum atomic E-state index is 12.6. The number of benzene rings is 1. The van der Waals surface area contributed by atoms with Gasteiger partial charge in [-0.05, 0) is 43.4 Å². The summed E-state index contributed by atoms with van der Waals surface area (Å²) < 4.78 is 37.8. The van der Waals surface area contributed by atoms with E-state index in [-0.39, 0.29) is 35.9 Å². The Morgan fingerprint density at radius 3 is 2.38 bits per heavy atom. The third-order valence-electron chi connectivity index (χ3n) is 5.00. The number of nitrogens with zero attached hydrogens (tertiary/aromatic N) is 2. The first kappa shape index (κ1) is 25.5. The maximum absolute atomic E-state index is 12.6. The summed E-state index contributed by atoms with van der Waals surface area (Å²) in [4.78, 5) is 18.0. The van der Waals surface area contributed by atoms with Crippen LogP contribution < -0.4 is 10.6 Å². The molecule has 2 N–H and O–H groups in total. The molecule has 0 radical (unpaired) electrons. The molecule has 0 aromatic heterocycles. The highest BCUT2D eigenvalue weighted by Crippen LogP contribution is 2.29. The van der Waals surface area contributed by atoms with Crippen molar-refractivity contribution in [1.29, 1.82) is 0 Å². The third kappa shape index (κ3) is 8.02.